The van der Waals surface area contributed by atoms with E-state index in [1.165, 1.54) is 12.1 Å². The van der Waals surface area contributed by atoms with Gasteiger partial charge in [-0.1, -0.05) is 54.6 Å². The molecule has 2 fully saturated rings. The third kappa shape index (κ3) is 7.09. The fraction of sp³-hybridized carbons (Fsp3) is 0.436. The van der Waals surface area contributed by atoms with Crippen LogP contribution in [0.1, 0.15) is 54.5 Å². The van der Waals surface area contributed by atoms with E-state index in [-0.39, 0.29) is 42.5 Å². The summed E-state index contributed by atoms with van der Waals surface area (Å²) in [6.45, 7) is 7.46. The molecule has 6 atom stereocenters. The van der Waals surface area contributed by atoms with Gasteiger partial charge in [0.15, 0.2) is 13.9 Å². The Morgan fingerprint density at radius 2 is 1.96 bits per heavy atom. The third-order valence-electron chi connectivity index (χ3n) is 11.3. The van der Waals surface area contributed by atoms with Gasteiger partial charge in [0.2, 0.25) is 5.91 Å². The Bertz CT molecular complexity index is 2020. The highest BCUT2D eigenvalue weighted by atomic mass is 28.4. The molecule has 1 aromatic heterocycles. The number of carbonyl (C=O) groups is 2. The molecule has 1 spiro atoms. The highest BCUT2D eigenvalue weighted by molar-refractivity contribution is 6.71. The molecule has 4 aromatic rings. The van der Waals surface area contributed by atoms with Crippen molar-refractivity contribution in [2.24, 2.45) is 11.8 Å². The lowest BCUT2D eigenvalue weighted by Crippen LogP contribution is -2.46. The maximum atomic E-state index is 14.9. The molecule has 4 heterocycles. The van der Waals surface area contributed by atoms with Crippen molar-refractivity contribution in [3.63, 3.8) is 0 Å². The quantitative estimate of drug-likeness (QED) is 0.0900. The number of nitro benzene ring substituents is 1. The van der Waals surface area contributed by atoms with E-state index in [1.54, 1.807) is 21.8 Å². The molecule has 3 aliphatic rings. The average molecular weight is 754 g/mol. The number of nitro groups is 1. The van der Waals surface area contributed by atoms with Gasteiger partial charge < -0.3 is 30.2 Å². The molecular weight excluding hydrogens is 707 g/mol. The number of hydrogen-bond acceptors (Lipinski definition) is 10. The second-order valence-corrected chi connectivity index (χ2v) is 19.3. The lowest BCUT2D eigenvalue weighted by atomic mass is 9.82. The zero-order valence-corrected chi connectivity index (χ0v) is 31.7. The van der Waals surface area contributed by atoms with Gasteiger partial charge in [-0.3, -0.25) is 24.4 Å². The maximum Gasteiger partial charge on any atom is 0.269 e. The van der Waals surface area contributed by atoms with Crippen LogP contribution in [-0.2, 0) is 33.0 Å². The van der Waals surface area contributed by atoms with Crippen LogP contribution >= 0.6 is 0 Å². The van der Waals surface area contributed by atoms with Crippen molar-refractivity contribution in [1.82, 2.24) is 20.3 Å². The van der Waals surface area contributed by atoms with Crippen molar-refractivity contribution in [1.29, 1.82) is 0 Å². The van der Waals surface area contributed by atoms with Crippen molar-refractivity contribution >= 4 is 37.2 Å². The molecule has 3 aromatic carbocycles. The number of fused-ring (bicyclic) bond motifs is 2. The summed E-state index contributed by atoms with van der Waals surface area (Å²) >= 11 is 0. The maximum absolute atomic E-state index is 14.9. The molecule has 0 bridgehead atoms. The zero-order valence-electron chi connectivity index (χ0n) is 30.7. The molecule has 2 unspecified atom stereocenters. The summed E-state index contributed by atoms with van der Waals surface area (Å²) in [5.41, 5.74) is 1.70. The van der Waals surface area contributed by atoms with Crippen molar-refractivity contribution in [2.75, 3.05) is 29.9 Å². The Labute approximate surface area is 314 Å². The molecule has 54 heavy (non-hydrogen) atoms. The normalized spacial score (nSPS) is 24.5. The number of anilines is 2. The van der Waals surface area contributed by atoms with Crippen molar-refractivity contribution in [3.8, 4) is 0 Å². The number of ether oxygens (including phenoxy) is 1. The molecule has 2 amide bonds. The monoisotopic (exact) mass is 753 g/mol. The smallest absolute Gasteiger partial charge is 0.269 e. The molecular formula is C39H47N7O7Si. The minimum atomic E-state index is -3.02. The number of amides is 2. The van der Waals surface area contributed by atoms with Crippen LogP contribution in [0, 0.1) is 22.0 Å². The highest BCUT2D eigenvalue weighted by Crippen LogP contribution is 2.60. The molecule has 0 saturated carbocycles. The van der Waals surface area contributed by atoms with Crippen LogP contribution in [0.25, 0.3) is 0 Å². The van der Waals surface area contributed by atoms with E-state index in [9.17, 15) is 29.6 Å². The molecule has 14 nitrogen and oxygen atoms in total. The Kier molecular flexibility index (Phi) is 10.5. The number of carbonyl (C=O) groups excluding carboxylic acids is 2. The Morgan fingerprint density at radius 3 is 2.67 bits per heavy atom. The largest absolute Gasteiger partial charge is 0.432 e. The van der Waals surface area contributed by atoms with E-state index >= 15 is 0 Å². The third-order valence-corrected chi connectivity index (χ3v) is 13.8. The summed E-state index contributed by atoms with van der Waals surface area (Å²) in [7, 11) is -3.02. The van der Waals surface area contributed by atoms with Gasteiger partial charge in [0.05, 0.1) is 47.4 Å². The van der Waals surface area contributed by atoms with Gasteiger partial charge in [0.25, 0.3) is 11.6 Å². The summed E-state index contributed by atoms with van der Waals surface area (Å²) in [6, 6.07) is 21.4. The van der Waals surface area contributed by atoms with E-state index in [0.717, 1.165) is 30.5 Å². The van der Waals surface area contributed by atoms with E-state index in [0.29, 0.717) is 42.1 Å². The van der Waals surface area contributed by atoms with Gasteiger partial charge in [-0.25, -0.2) is 0 Å². The van der Waals surface area contributed by atoms with E-state index in [2.05, 4.69) is 20.9 Å². The Hall–Kier alpha value is -4.80. The molecule has 2 saturated heterocycles. The van der Waals surface area contributed by atoms with E-state index in [4.69, 9.17) is 4.74 Å². The summed E-state index contributed by atoms with van der Waals surface area (Å²) in [6.07, 6.45) is 3.36. The van der Waals surface area contributed by atoms with Gasteiger partial charge in [-0.05, 0) is 68.2 Å². The van der Waals surface area contributed by atoms with Gasteiger partial charge in [-0.15, -0.1) is 5.10 Å². The van der Waals surface area contributed by atoms with E-state index < -0.39 is 36.4 Å². The number of hydrogen-bond donors (Lipinski definition) is 4. The first-order valence-corrected chi connectivity index (χ1v) is 21.6. The number of aliphatic hydroxyl groups is 1. The van der Waals surface area contributed by atoms with E-state index in [1.807, 2.05) is 74.6 Å². The number of rotatable bonds is 12. The van der Waals surface area contributed by atoms with Crippen LogP contribution in [0.15, 0.2) is 79.0 Å². The number of non-ortho nitro benzene ring substituents is 1. The molecule has 4 N–H and O–H groups in total. The Balaban J connectivity index is 1.17. The number of aliphatic hydroxyl groups excluding tert-OH is 1. The lowest BCUT2D eigenvalue weighted by molar-refractivity contribution is -0.385. The minimum Gasteiger partial charge on any atom is -0.432 e. The first-order chi connectivity index (χ1) is 25.9. The Morgan fingerprint density at radius 1 is 1.17 bits per heavy atom. The molecule has 7 rings (SSSR count). The molecule has 3 aliphatic heterocycles. The SMILES string of the molecule is C[C@H]1[C@H]([Si](C)(C)O)[C@@H](CCn2cc(C(CO)c3ccccc3)nn2)O[C@]12C(=O)N(Cc1cccc(NC(=O)C3CCCNC3)c1)c1ccc([N+](=O)[O-])cc12. The first-order valence-electron chi connectivity index (χ1n) is 18.6. The lowest BCUT2D eigenvalue weighted by Gasteiger charge is -2.32. The van der Waals surface area contributed by atoms with Crippen molar-refractivity contribution in [3.05, 3.63) is 111 Å². The number of piperidine rings is 1. The predicted molar refractivity (Wildman–Crippen MR) is 204 cm³/mol. The van der Waals surface area contributed by atoms with Gasteiger partial charge in [0.1, 0.15) is 0 Å². The number of nitrogens with zero attached hydrogens (tertiary/aromatic N) is 5. The predicted octanol–water partition coefficient (Wildman–Crippen LogP) is 4.68. The summed E-state index contributed by atoms with van der Waals surface area (Å²) < 4.78 is 8.59. The number of aryl methyl sites for hydroxylation is 1. The van der Waals surface area contributed by atoms with Crippen LogP contribution in [-0.4, -0.2) is 75.8 Å². The molecule has 15 heteroatoms. The second-order valence-electron chi connectivity index (χ2n) is 15.3. The summed E-state index contributed by atoms with van der Waals surface area (Å²) in [5, 5.41) is 37.2. The highest BCUT2D eigenvalue weighted by Gasteiger charge is 2.66. The van der Waals surface area contributed by atoms with Crippen molar-refractivity contribution in [2.45, 2.75) is 75.5 Å². The van der Waals surface area contributed by atoms with Crippen LogP contribution in [0.2, 0.25) is 18.6 Å². The zero-order chi connectivity index (χ0) is 38.2. The molecule has 0 radical (unpaired) electrons. The number of aromatic nitrogens is 3. The summed E-state index contributed by atoms with van der Waals surface area (Å²) in [5.74, 6) is -1.39. The minimum absolute atomic E-state index is 0.0548. The van der Waals surface area contributed by atoms with Crippen molar-refractivity contribution < 1.29 is 29.2 Å². The summed E-state index contributed by atoms with van der Waals surface area (Å²) in [4.78, 5) is 52.8. The van der Waals surface area contributed by atoms with Crippen LogP contribution in [0.5, 0.6) is 0 Å². The molecule has 0 aliphatic carbocycles. The van der Waals surface area contributed by atoms with Gasteiger partial charge >= 0.3 is 0 Å². The fourth-order valence-electron chi connectivity index (χ4n) is 8.75. The topological polar surface area (TPSA) is 185 Å². The average Bonchev–Trinajstić information content (AvgIpc) is 3.82. The number of benzene rings is 3. The number of nitrogens with one attached hydrogen (secondary N) is 2. The van der Waals surface area contributed by atoms with Gasteiger partial charge in [0, 0.05) is 54.1 Å². The standard InChI is InChI=1S/C39H47N7O7Si/c1-25-36(54(2,3)52)35(16-18-44-23-33(42-43-44)31(24-47)27-10-5-4-6-11-27)53-39(25)32-20-30(46(50)51)14-15-34(32)45(38(39)49)22-26-9-7-13-29(19-26)41-37(48)28-12-8-17-40-21-28/h4-7,9-11,13-15,19-20,23,25,28,31,35-36,40,47,52H,8,12,16-18,21-22,24H2,1-3H3,(H,41,48)/t25-,28?,31?,35+,36-,39+/m0/s1. The first kappa shape index (κ1) is 37.5. The van der Waals surface area contributed by atoms with Crippen LogP contribution in [0.4, 0.5) is 17.1 Å². The molecule has 284 valence electrons. The van der Waals surface area contributed by atoms with Gasteiger partial charge in [-0.2, -0.15) is 0 Å². The van der Waals surface area contributed by atoms with Crippen LogP contribution < -0.4 is 15.5 Å². The van der Waals surface area contributed by atoms with Crippen LogP contribution in [0.3, 0.4) is 0 Å². The fourth-order valence-corrected chi connectivity index (χ4v) is 11.4. The second kappa shape index (κ2) is 15.1.